The predicted octanol–water partition coefficient (Wildman–Crippen LogP) is 4.16. The zero-order valence-electron chi connectivity index (χ0n) is 9.76. The number of nitroso groups, excluding NO2 is 1. The van der Waals surface area contributed by atoms with E-state index in [1.807, 2.05) is 30.5 Å². The third kappa shape index (κ3) is 1.91. The summed E-state index contributed by atoms with van der Waals surface area (Å²) in [6, 6.07) is 15.6. The van der Waals surface area contributed by atoms with Gasteiger partial charge in [-0.1, -0.05) is 30.3 Å². The van der Waals surface area contributed by atoms with Crippen molar-refractivity contribution in [1.82, 2.24) is 4.98 Å². The minimum Gasteiger partial charge on any atom is -0.361 e. The summed E-state index contributed by atoms with van der Waals surface area (Å²) >= 11 is 0. The Morgan fingerprint density at radius 2 is 1.78 bits per heavy atom. The summed E-state index contributed by atoms with van der Waals surface area (Å²) < 4.78 is 0. The average Bonchev–Trinajstić information content (AvgIpc) is 2.83. The van der Waals surface area contributed by atoms with E-state index in [4.69, 9.17) is 0 Å². The van der Waals surface area contributed by atoms with Crippen molar-refractivity contribution in [3.63, 3.8) is 0 Å². The van der Waals surface area contributed by atoms with Gasteiger partial charge in [0.15, 0.2) is 0 Å². The third-order valence-electron chi connectivity index (χ3n) is 3.11. The summed E-state index contributed by atoms with van der Waals surface area (Å²) in [5.41, 5.74) is 4.06. The van der Waals surface area contributed by atoms with Crippen LogP contribution in [0, 0.1) is 4.91 Å². The second-order valence-corrected chi connectivity index (χ2v) is 4.29. The van der Waals surface area contributed by atoms with Crippen LogP contribution in [0.3, 0.4) is 0 Å². The highest BCUT2D eigenvalue weighted by Crippen LogP contribution is 2.21. The maximum absolute atomic E-state index is 10.4. The zero-order valence-corrected chi connectivity index (χ0v) is 9.76. The number of aromatic nitrogens is 1. The maximum Gasteiger partial charge on any atom is 0.108 e. The van der Waals surface area contributed by atoms with Crippen LogP contribution >= 0.6 is 0 Å². The van der Waals surface area contributed by atoms with Gasteiger partial charge in [-0.15, -0.1) is 4.91 Å². The number of benzene rings is 2. The Morgan fingerprint density at radius 3 is 2.56 bits per heavy atom. The Hall–Kier alpha value is -2.42. The van der Waals surface area contributed by atoms with Gasteiger partial charge in [-0.25, -0.2) is 0 Å². The molecule has 0 radical (unpaired) electrons. The molecule has 0 unspecified atom stereocenters. The van der Waals surface area contributed by atoms with Crippen molar-refractivity contribution in [2.24, 2.45) is 5.18 Å². The van der Waals surface area contributed by atoms with E-state index in [0.717, 1.165) is 11.9 Å². The van der Waals surface area contributed by atoms with E-state index in [0.29, 0.717) is 5.69 Å². The summed E-state index contributed by atoms with van der Waals surface area (Å²) in [5.74, 6) is 0. The fraction of sp³-hybridized carbons (Fsp3) is 0.0667. The Morgan fingerprint density at radius 1 is 1.00 bits per heavy atom. The summed E-state index contributed by atoms with van der Waals surface area (Å²) in [6.45, 7) is 0. The molecule has 0 amide bonds. The molecule has 2 aromatic carbocycles. The third-order valence-corrected chi connectivity index (χ3v) is 3.11. The highest BCUT2D eigenvalue weighted by atomic mass is 16.3. The molecule has 0 spiro atoms. The van der Waals surface area contributed by atoms with E-state index >= 15 is 0 Å². The highest BCUT2D eigenvalue weighted by molar-refractivity contribution is 5.83. The van der Waals surface area contributed by atoms with Gasteiger partial charge in [-0.2, -0.15) is 0 Å². The van der Waals surface area contributed by atoms with Crippen molar-refractivity contribution in [2.45, 2.75) is 6.42 Å². The highest BCUT2D eigenvalue weighted by Gasteiger charge is 2.03. The van der Waals surface area contributed by atoms with E-state index in [9.17, 15) is 4.91 Å². The van der Waals surface area contributed by atoms with Gasteiger partial charge in [0.25, 0.3) is 0 Å². The molecule has 0 bridgehead atoms. The van der Waals surface area contributed by atoms with Gasteiger partial charge in [0.05, 0.1) is 0 Å². The second kappa shape index (κ2) is 4.45. The molecule has 0 saturated carbocycles. The summed E-state index contributed by atoms with van der Waals surface area (Å²) in [4.78, 5) is 13.6. The first-order valence-corrected chi connectivity index (χ1v) is 5.84. The lowest BCUT2D eigenvalue weighted by Crippen LogP contribution is -1.85. The number of hydrogen-bond acceptors (Lipinski definition) is 2. The summed E-state index contributed by atoms with van der Waals surface area (Å²) in [7, 11) is 0. The lowest BCUT2D eigenvalue weighted by molar-refractivity contribution is 1.20. The number of hydrogen-bond donors (Lipinski definition) is 1. The van der Waals surface area contributed by atoms with Crippen molar-refractivity contribution < 1.29 is 0 Å². The summed E-state index contributed by atoms with van der Waals surface area (Å²) in [6.07, 6.45) is 2.89. The lowest BCUT2D eigenvalue weighted by Gasteiger charge is -2.00. The molecular formula is C15H12N2O. The molecule has 0 fully saturated rings. The van der Waals surface area contributed by atoms with E-state index in [1.165, 1.54) is 16.5 Å². The molecule has 1 aromatic heterocycles. The van der Waals surface area contributed by atoms with Gasteiger partial charge in [0.2, 0.25) is 0 Å². The fourth-order valence-corrected chi connectivity index (χ4v) is 2.17. The molecule has 18 heavy (non-hydrogen) atoms. The number of fused-ring (bicyclic) bond motifs is 1. The van der Waals surface area contributed by atoms with Crippen molar-refractivity contribution >= 4 is 16.6 Å². The molecular weight excluding hydrogens is 224 g/mol. The van der Waals surface area contributed by atoms with Crippen LogP contribution in [-0.4, -0.2) is 4.98 Å². The Labute approximate surface area is 104 Å². The fourth-order valence-electron chi connectivity index (χ4n) is 2.17. The van der Waals surface area contributed by atoms with E-state index in [1.54, 1.807) is 12.1 Å². The first kappa shape index (κ1) is 10.7. The van der Waals surface area contributed by atoms with Gasteiger partial charge < -0.3 is 4.98 Å². The normalized spacial score (nSPS) is 10.7. The van der Waals surface area contributed by atoms with Gasteiger partial charge in [-0.3, -0.25) is 0 Å². The molecule has 88 valence electrons. The molecule has 3 nitrogen and oxygen atoms in total. The number of para-hydroxylation sites is 1. The van der Waals surface area contributed by atoms with Crippen molar-refractivity contribution in [1.29, 1.82) is 0 Å². The minimum absolute atomic E-state index is 0.470. The van der Waals surface area contributed by atoms with Crippen molar-refractivity contribution in [2.75, 3.05) is 0 Å². The molecule has 0 aliphatic rings. The van der Waals surface area contributed by atoms with E-state index in [-0.39, 0.29) is 0 Å². The van der Waals surface area contributed by atoms with Gasteiger partial charge >= 0.3 is 0 Å². The van der Waals surface area contributed by atoms with Crippen molar-refractivity contribution in [3.8, 4) is 0 Å². The lowest BCUT2D eigenvalue weighted by atomic mass is 10.0. The van der Waals surface area contributed by atoms with Crippen LogP contribution < -0.4 is 0 Å². The maximum atomic E-state index is 10.4. The van der Waals surface area contributed by atoms with Crippen LogP contribution in [0.25, 0.3) is 10.9 Å². The summed E-state index contributed by atoms with van der Waals surface area (Å²) in [5, 5.41) is 4.15. The molecule has 0 aliphatic heterocycles. The SMILES string of the molecule is O=Nc1ccc(Cc2c[nH]c3ccccc23)cc1. The first-order chi connectivity index (χ1) is 8.86. The van der Waals surface area contributed by atoms with Crippen molar-refractivity contribution in [3.05, 3.63) is 70.8 Å². The molecule has 1 N–H and O–H groups in total. The number of rotatable bonds is 3. The molecule has 3 aromatic rings. The largest absolute Gasteiger partial charge is 0.361 e. The number of nitrogens with one attached hydrogen (secondary N) is 1. The van der Waals surface area contributed by atoms with Crippen LogP contribution in [0.4, 0.5) is 5.69 Å². The van der Waals surface area contributed by atoms with Crippen LogP contribution in [0.15, 0.2) is 59.9 Å². The van der Waals surface area contributed by atoms with Crippen LogP contribution in [0.5, 0.6) is 0 Å². The molecule has 0 atom stereocenters. The Kier molecular flexibility index (Phi) is 2.65. The molecule has 1 heterocycles. The monoisotopic (exact) mass is 236 g/mol. The molecule has 0 aliphatic carbocycles. The number of nitrogens with zero attached hydrogens (tertiary/aromatic N) is 1. The van der Waals surface area contributed by atoms with Gasteiger partial charge in [0.1, 0.15) is 5.69 Å². The van der Waals surface area contributed by atoms with Crippen LogP contribution in [-0.2, 0) is 6.42 Å². The smallest absolute Gasteiger partial charge is 0.108 e. The van der Waals surface area contributed by atoms with Gasteiger partial charge in [0, 0.05) is 17.1 Å². The van der Waals surface area contributed by atoms with E-state index in [2.05, 4.69) is 22.3 Å². The van der Waals surface area contributed by atoms with E-state index < -0.39 is 0 Å². The standard InChI is InChI=1S/C15H12N2O/c18-17-13-7-5-11(6-8-13)9-12-10-16-15-4-2-1-3-14(12)15/h1-8,10,16H,9H2. The first-order valence-electron chi connectivity index (χ1n) is 5.84. The predicted molar refractivity (Wildman–Crippen MR) is 73.0 cm³/mol. The number of H-pyrrole nitrogens is 1. The second-order valence-electron chi connectivity index (χ2n) is 4.29. The number of aromatic amines is 1. The zero-order chi connectivity index (χ0) is 12.4. The minimum atomic E-state index is 0.470. The Bertz CT molecular complexity index is 683. The molecule has 0 saturated heterocycles. The molecule has 3 rings (SSSR count). The van der Waals surface area contributed by atoms with Crippen LogP contribution in [0.1, 0.15) is 11.1 Å². The average molecular weight is 236 g/mol. The van der Waals surface area contributed by atoms with Crippen LogP contribution in [0.2, 0.25) is 0 Å². The Balaban J connectivity index is 1.93. The topological polar surface area (TPSA) is 45.2 Å². The quantitative estimate of drug-likeness (QED) is 0.682. The molecule has 3 heteroatoms. The van der Waals surface area contributed by atoms with Gasteiger partial charge in [-0.05, 0) is 40.9 Å².